The molecule has 0 saturated carbocycles. The minimum atomic E-state index is 0.583. The van der Waals surface area contributed by atoms with E-state index in [1.54, 1.807) is 0 Å². The summed E-state index contributed by atoms with van der Waals surface area (Å²) in [5.74, 6) is 0.583. The Kier molecular flexibility index (Phi) is 5.64. The maximum atomic E-state index is 6.01. The number of benzene rings is 2. The summed E-state index contributed by atoms with van der Waals surface area (Å²) in [7, 11) is 0. The lowest BCUT2D eigenvalue weighted by Crippen LogP contribution is -2.13. The van der Waals surface area contributed by atoms with Gasteiger partial charge < -0.3 is 5.32 Å². The average Bonchev–Trinajstić information content (AvgIpc) is 2.43. The van der Waals surface area contributed by atoms with Gasteiger partial charge in [0.25, 0.3) is 0 Å². The molecule has 0 radical (unpaired) electrons. The van der Waals surface area contributed by atoms with E-state index in [-0.39, 0.29) is 0 Å². The molecule has 0 aliphatic rings. The lowest BCUT2D eigenvalue weighted by molar-refractivity contribution is 0.691. The Morgan fingerprint density at radius 3 is 2.40 bits per heavy atom. The van der Waals surface area contributed by atoms with Crippen molar-refractivity contribution >= 4 is 27.5 Å². The monoisotopic (exact) mass is 351 g/mol. The zero-order valence-corrected chi connectivity index (χ0v) is 14.1. The van der Waals surface area contributed by atoms with Crippen molar-refractivity contribution in [2.45, 2.75) is 32.9 Å². The number of halogens is 2. The van der Waals surface area contributed by atoms with Gasteiger partial charge >= 0.3 is 0 Å². The van der Waals surface area contributed by atoms with Gasteiger partial charge in [0.2, 0.25) is 0 Å². The Balaban J connectivity index is 1.91. The first kappa shape index (κ1) is 15.6. The van der Waals surface area contributed by atoms with E-state index in [1.807, 2.05) is 18.2 Å². The minimum Gasteiger partial charge on any atom is -0.309 e. The molecule has 0 saturated heterocycles. The molecule has 0 atom stereocenters. The first-order valence-corrected chi connectivity index (χ1v) is 7.97. The molecule has 0 spiro atoms. The molecule has 0 aliphatic heterocycles. The van der Waals surface area contributed by atoms with Crippen LogP contribution >= 0.6 is 27.5 Å². The van der Waals surface area contributed by atoms with Crippen LogP contribution in [-0.4, -0.2) is 0 Å². The standard InChI is InChI=1S/C17H19BrClN/c1-12(2)14-5-3-13(4-6-14)10-20-11-15-9-16(19)7-8-17(15)18/h3-9,12,20H,10-11H2,1-2H3. The molecule has 1 N–H and O–H groups in total. The Labute approximate surface area is 134 Å². The molecule has 2 aromatic carbocycles. The molecule has 2 rings (SSSR count). The Hall–Kier alpha value is -0.830. The van der Waals surface area contributed by atoms with Crippen molar-refractivity contribution in [1.82, 2.24) is 5.32 Å². The van der Waals surface area contributed by atoms with Crippen molar-refractivity contribution < 1.29 is 0 Å². The first-order chi connectivity index (χ1) is 9.56. The Morgan fingerprint density at radius 1 is 1.05 bits per heavy atom. The molecular weight excluding hydrogens is 334 g/mol. The van der Waals surface area contributed by atoms with E-state index in [4.69, 9.17) is 11.6 Å². The van der Waals surface area contributed by atoms with E-state index in [2.05, 4.69) is 59.4 Å². The third-order valence-electron chi connectivity index (χ3n) is 3.30. The topological polar surface area (TPSA) is 12.0 Å². The molecule has 0 unspecified atom stereocenters. The quantitative estimate of drug-likeness (QED) is 0.747. The van der Waals surface area contributed by atoms with Crippen LogP contribution in [0.4, 0.5) is 0 Å². The van der Waals surface area contributed by atoms with E-state index < -0.39 is 0 Å². The molecule has 0 bridgehead atoms. The van der Waals surface area contributed by atoms with Crippen LogP contribution in [0.2, 0.25) is 5.02 Å². The van der Waals surface area contributed by atoms with Gasteiger partial charge in [-0.2, -0.15) is 0 Å². The third-order valence-corrected chi connectivity index (χ3v) is 4.31. The normalized spacial score (nSPS) is 11.1. The summed E-state index contributed by atoms with van der Waals surface area (Å²) in [6.07, 6.45) is 0. The van der Waals surface area contributed by atoms with Gasteiger partial charge in [0.05, 0.1) is 0 Å². The lowest BCUT2D eigenvalue weighted by Gasteiger charge is -2.09. The van der Waals surface area contributed by atoms with Crippen molar-refractivity contribution in [2.75, 3.05) is 0 Å². The molecular formula is C17H19BrClN. The zero-order valence-electron chi connectivity index (χ0n) is 11.8. The second kappa shape index (κ2) is 7.26. The summed E-state index contributed by atoms with van der Waals surface area (Å²) in [5.41, 5.74) is 3.86. The van der Waals surface area contributed by atoms with Gasteiger partial charge in [-0.1, -0.05) is 65.6 Å². The number of hydrogen-bond acceptors (Lipinski definition) is 1. The Morgan fingerprint density at radius 2 is 1.75 bits per heavy atom. The summed E-state index contributed by atoms with van der Waals surface area (Å²) < 4.78 is 1.09. The number of hydrogen-bond donors (Lipinski definition) is 1. The lowest BCUT2D eigenvalue weighted by atomic mass is 10.0. The third kappa shape index (κ3) is 4.34. The van der Waals surface area contributed by atoms with Gasteiger partial charge in [-0.25, -0.2) is 0 Å². The van der Waals surface area contributed by atoms with E-state index in [9.17, 15) is 0 Å². The van der Waals surface area contributed by atoms with Crippen LogP contribution < -0.4 is 5.32 Å². The first-order valence-electron chi connectivity index (χ1n) is 6.79. The van der Waals surface area contributed by atoms with Crippen LogP contribution in [0.1, 0.15) is 36.5 Å². The molecule has 3 heteroatoms. The molecule has 20 heavy (non-hydrogen) atoms. The van der Waals surface area contributed by atoms with Gasteiger partial charge in [-0.05, 0) is 40.8 Å². The van der Waals surface area contributed by atoms with Crippen molar-refractivity contribution in [2.24, 2.45) is 0 Å². The summed E-state index contributed by atoms with van der Waals surface area (Å²) in [6.45, 7) is 6.08. The highest BCUT2D eigenvalue weighted by molar-refractivity contribution is 9.10. The van der Waals surface area contributed by atoms with Crippen LogP contribution in [-0.2, 0) is 13.1 Å². The highest BCUT2D eigenvalue weighted by Gasteiger charge is 2.02. The largest absolute Gasteiger partial charge is 0.309 e. The fraction of sp³-hybridized carbons (Fsp3) is 0.294. The summed E-state index contributed by atoms with van der Waals surface area (Å²) in [5, 5.41) is 4.22. The zero-order chi connectivity index (χ0) is 14.5. The van der Waals surface area contributed by atoms with Gasteiger partial charge in [-0.15, -0.1) is 0 Å². The predicted octanol–water partition coefficient (Wildman–Crippen LogP) is 5.52. The SMILES string of the molecule is CC(C)c1ccc(CNCc2cc(Cl)ccc2Br)cc1. The van der Waals surface area contributed by atoms with Crippen LogP contribution in [0.3, 0.4) is 0 Å². The summed E-state index contributed by atoms with van der Waals surface area (Å²) >= 11 is 9.55. The molecule has 0 fully saturated rings. The smallest absolute Gasteiger partial charge is 0.0410 e. The fourth-order valence-corrected chi connectivity index (χ4v) is 2.62. The highest BCUT2D eigenvalue weighted by atomic mass is 79.9. The van der Waals surface area contributed by atoms with Crippen LogP contribution in [0.15, 0.2) is 46.9 Å². The second-order valence-electron chi connectivity index (χ2n) is 5.24. The fourth-order valence-electron chi connectivity index (χ4n) is 2.04. The summed E-state index contributed by atoms with van der Waals surface area (Å²) in [4.78, 5) is 0. The van der Waals surface area contributed by atoms with E-state index in [1.165, 1.54) is 16.7 Å². The van der Waals surface area contributed by atoms with Crippen LogP contribution in [0.5, 0.6) is 0 Å². The van der Waals surface area contributed by atoms with Crippen molar-refractivity contribution in [3.63, 3.8) is 0 Å². The molecule has 2 aromatic rings. The van der Waals surface area contributed by atoms with Crippen LogP contribution in [0.25, 0.3) is 0 Å². The van der Waals surface area contributed by atoms with Gasteiger partial charge in [0.1, 0.15) is 0 Å². The highest BCUT2D eigenvalue weighted by Crippen LogP contribution is 2.21. The summed E-state index contributed by atoms with van der Waals surface area (Å²) in [6, 6.07) is 14.6. The second-order valence-corrected chi connectivity index (χ2v) is 6.53. The van der Waals surface area contributed by atoms with Gasteiger partial charge in [0, 0.05) is 22.6 Å². The number of rotatable bonds is 5. The Bertz CT molecular complexity index is 564. The van der Waals surface area contributed by atoms with Crippen LogP contribution in [0, 0.1) is 0 Å². The molecule has 106 valence electrons. The maximum Gasteiger partial charge on any atom is 0.0410 e. The van der Waals surface area contributed by atoms with Gasteiger partial charge in [0.15, 0.2) is 0 Å². The van der Waals surface area contributed by atoms with E-state index >= 15 is 0 Å². The predicted molar refractivity (Wildman–Crippen MR) is 90.2 cm³/mol. The van der Waals surface area contributed by atoms with Crippen molar-refractivity contribution in [3.8, 4) is 0 Å². The van der Waals surface area contributed by atoms with Crippen molar-refractivity contribution in [1.29, 1.82) is 0 Å². The number of nitrogens with one attached hydrogen (secondary N) is 1. The minimum absolute atomic E-state index is 0.583. The molecule has 0 aliphatic carbocycles. The molecule has 1 nitrogen and oxygen atoms in total. The average molecular weight is 353 g/mol. The maximum absolute atomic E-state index is 6.01. The molecule has 0 heterocycles. The van der Waals surface area contributed by atoms with E-state index in [0.717, 1.165) is 22.6 Å². The molecule has 0 amide bonds. The molecule has 0 aromatic heterocycles. The van der Waals surface area contributed by atoms with E-state index in [0.29, 0.717) is 5.92 Å². The van der Waals surface area contributed by atoms with Gasteiger partial charge in [-0.3, -0.25) is 0 Å². The van der Waals surface area contributed by atoms with Crippen molar-refractivity contribution in [3.05, 3.63) is 68.7 Å².